The van der Waals surface area contributed by atoms with Crippen LogP contribution in [0.5, 0.6) is 0 Å². The van der Waals surface area contributed by atoms with Crippen molar-refractivity contribution in [2.45, 2.75) is 12.6 Å². The molecule has 0 fully saturated rings. The summed E-state index contributed by atoms with van der Waals surface area (Å²) < 4.78 is 3.16. The molecule has 4 heteroatoms. The van der Waals surface area contributed by atoms with Gasteiger partial charge in [0.2, 0.25) is 0 Å². The summed E-state index contributed by atoms with van der Waals surface area (Å²) in [5.41, 5.74) is 2.47. The summed E-state index contributed by atoms with van der Waals surface area (Å²) in [6.45, 7) is 0.791. The number of benzene rings is 2. The molecule has 3 aromatic rings. The fourth-order valence-corrected chi connectivity index (χ4v) is 2.75. The predicted molar refractivity (Wildman–Crippen MR) is 92.5 cm³/mol. The van der Waals surface area contributed by atoms with E-state index in [2.05, 4.69) is 79.3 Å². The summed E-state index contributed by atoms with van der Waals surface area (Å²) in [5.74, 6) is 1.02. The number of halogens is 1. The zero-order valence-electron chi connectivity index (χ0n) is 12.4. The van der Waals surface area contributed by atoms with Crippen molar-refractivity contribution in [3.63, 3.8) is 0 Å². The lowest BCUT2D eigenvalue weighted by atomic mass is 10.1. The van der Waals surface area contributed by atoms with Crippen molar-refractivity contribution in [1.29, 1.82) is 0 Å². The number of rotatable bonds is 5. The molecule has 1 heterocycles. The van der Waals surface area contributed by atoms with Crippen LogP contribution >= 0.6 is 15.9 Å². The Morgan fingerprint density at radius 1 is 1.09 bits per heavy atom. The maximum absolute atomic E-state index is 4.51. The van der Waals surface area contributed by atoms with Gasteiger partial charge in [-0.15, -0.1) is 0 Å². The number of nitrogens with one attached hydrogen (secondary N) is 1. The van der Waals surface area contributed by atoms with Crippen molar-refractivity contribution in [2.24, 2.45) is 7.05 Å². The van der Waals surface area contributed by atoms with E-state index in [1.165, 1.54) is 11.1 Å². The van der Waals surface area contributed by atoms with E-state index in [0.29, 0.717) is 0 Å². The van der Waals surface area contributed by atoms with Crippen LogP contribution in [0, 0.1) is 0 Å². The molecule has 1 atom stereocenters. The second kappa shape index (κ2) is 6.90. The van der Waals surface area contributed by atoms with E-state index in [1.54, 1.807) is 0 Å². The van der Waals surface area contributed by atoms with Gasteiger partial charge in [-0.1, -0.05) is 58.4 Å². The first-order chi connectivity index (χ1) is 10.7. The second-order valence-electron chi connectivity index (χ2n) is 5.25. The first-order valence-electron chi connectivity index (χ1n) is 7.24. The molecule has 0 saturated heterocycles. The van der Waals surface area contributed by atoms with Gasteiger partial charge in [-0.25, -0.2) is 4.98 Å². The van der Waals surface area contributed by atoms with Crippen LogP contribution in [-0.2, 0) is 13.6 Å². The highest BCUT2D eigenvalue weighted by Gasteiger charge is 2.17. The number of nitrogens with zero attached hydrogens (tertiary/aromatic N) is 2. The molecule has 0 aliphatic carbocycles. The van der Waals surface area contributed by atoms with Gasteiger partial charge < -0.3 is 4.57 Å². The number of aromatic nitrogens is 2. The van der Waals surface area contributed by atoms with Gasteiger partial charge in [-0.05, 0) is 23.3 Å². The van der Waals surface area contributed by atoms with E-state index >= 15 is 0 Å². The largest absolute Gasteiger partial charge is 0.336 e. The third kappa shape index (κ3) is 3.46. The lowest BCUT2D eigenvalue weighted by molar-refractivity contribution is 0.558. The van der Waals surface area contributed by atoms with Crippen LogP contribution in [0.3, 0.4) is 0 Å². The first-order valence-corrected chi connectivity index (χ1v) is 8.03. The average molecular weight is 356 g/mol. The Bertz CT molecular complexity index is 720. The second-order valence-corrected chi connectivity index (χ2v) is 6.16. The third-order valence-corrected chi connectivity index (χ3v) is 4.20. The zero-order chi connectivity index (χ0) is 15.4. The van der Waals surface area contributed by atoms with Crippen LogP contribution in [0.2, 0.25) is 0 Å². The van der Waals surface area contributed by atoms with Gasteiger partial charge in [0.1, 0.15) is 5.82 Å². The molecule has 0 bridgehead atoms. The van der Waals surface area contributed by atoms with Gasteiger partial charge in [-0.2, -0.15) is 0 Å². The molecule has 0 unspecified atom stereocenters. The van der Waals surface area contributed by atoms with Crippen molar-refractivity contribution < 1.29 is 0 Å². The fraction of sp³-hybridized carbons (Fsp3) is 0.167. The van der Waals surface area contributed by atoms with Gasteiger partial charge in [0.05, 0.1) is 6.04 Å². The van der Waals surface area contributed by atoms with Crippen LogP contribution in [0.1, 0.15) is 23.0 Å². The molecule has 3 nitrogen and oxygen atoms in total. The van der Waals surface area contributed by atoms with Crippen molar-refractivity contribution in [1.82, 2.24) is 14.9 Å². The number of hydrogen-bond donors (Lipinski definition) is 1. The Hall–Kier alpha value is -1.91. The lowest BCUT2D eigenvalue weighted by Crippen LogP contribution is -2.24. The van der Waals surface area contributed by atoms with Crippen molar-refractivity contribution in [3.05, 3.63) is 88.4 Å². The van der Waals surface area contributed by atoms with Crippen molar-refractivity contribution in [3.8, 4) is 0 Å². The molecule has 112 valence electrons. The molecule has 0 spiro atoms. The van der Waals surface area contributed by atoms with Crippen LogP contribution in [0.15, 0.2) is 71.5 Å². The Morgan fingerprint density at radius 2 is 1.82 bits per heavy atom. The molecule has 0 aliphatic heterocycles. The van der Waals surface area contributed by atoms with Crippen molar-refractivity contribution in [2.75, 3.05) is 0 Å². The molecule has 0 aliphatic rings. The number of aryl methyl sites for hydroxylation is 1. The standard InChI is InChI=1S/C18H18BrN3/c1-22-12-11-20-18(22)17(15-5-3-2-4-6-15)21-13-14-7-9-16(19)10-8-14/h2-12,17,21H,13H2,1H3/t17-/m1/s1. The smallest absolute Gasteiger partial charge is 0.130 e. The minimum absolute atomic E-state index is 0.0739. The number of hydrogen-bond acceptors (Lipinski definition) is 2. The van der Waals surface area contributed by atoms with Gasteiger partial charge in [0, 0.05) is 30.5 Å². The Morgan fingerprint density at radius 3 is 2.45 bits per heavy atom. The third-order valence-electron chi connectivity index (χ3n) is 3.67. The van der Waals surface area contributed by atoms with E-state index in [-0.39, 0.29) is 6.04 Å². The quantitative estimate of drug-likeness (QED) is 0.747. The van der Waals surface area contributed by atoms with Crippen LogP contribution in [0.4, 0.5) is 0 Å². The molecular formula is C18H18BrN3. The van der Waals surface area contributed by atoms with Gasteiger partial charge in [-0.3, -0.25) is 5.32 Å². The minimum atomic E-state index is 0.0739. The van der Waals surface area contributed by atoms with Gasteiger partial charge in [0.25, 0.3) is 0 Å². The van der Waals surface area contributed by atoms with Crippen LogP contribution in [0.25, 0.3) is 0 Å². The number of imidazole rings is 1. The summed E-state index contributed by atoms with van der Waals surface area (Å²) in [5, 5.41) is 3.62. The summed E-state index contributed by atoms with van der Waals surface area (Å²) >= 11 is 3.47. The Balaban J connectivity index is 1.83. The van der Waals surface area contributed by atoms with E-state index in [4.69, 9.17) is 0 Å². The summed E-state index contributed by atoms with van der Waals surface area (Å²) in [6.07, 6.45) is 3.82. The average Bonchev–Trinajstić information content (AvgIpc) is 2.97. The van der Waals surface area contributed by atoms with E-state index in [0.717, 1.165) is 16.8 Å². The van der Waals surface area contributed by atoms with E-state index in [1.807, 2.05) is 25.5 Å². The monoisotopic (exact) mass is 355 g/mol. The predicted octanol–water partition coefficient (Wildman–Crippen LogP) is 4.06. The molecule has 1 aromatic heterocycles. The minimum Gasteiger partial charge on any atom is -0.336 e. The highest BCUT2D eigenvalue weighted by molar-refractivity contribution is 9.10. The topological polar surface area (TPSA) is 29.9 Å². The lowest BCUT2D eigenvalue weighted by Gasteiger charge is -2.19. The maximum atomic E-state index is 4.51. The maximum Gasteiger partial charge on any atom is 0.130 e. The van der Waals surface area contributed by atoms with Gasteiger partial charge in [0.15, 0.2) is 0 Å². The molecule has 2 aromatic carbocycles. The van der Waals surface area contributed by atoms with Crippen molar-refractivity contribution >= 4 is 15.9 Å². The Labute approximate surface area is 139 Å². The highest BCUT2D eigenvalue weighted by Crippen LogP contribution is 2.21. The fourth-order valence-electron chi connectivity index (χ4n) is 2.48. The molecule has 22 heavy (non-hydrogen) atoms. The normalized spacial score (nSPS) is 12.3. The van der Waals surface area contributed by atoms with Crippen LogP contribution in [-0.4, -0.2) is 9.55 Å². The SMILES string of the molecule is Cn1ccnc1[C@H](NCc1ccc(Br)cc1)c1ccccc1. The van der Waals surface area contributed by atoms with E-state index < -0.39 is 0 Å². The summed E-state index contributed by atoms with van der Waals surface area (Å²) in [6, 6.07) is 18.9. The Kier molecular flexibility index (Phi) is 4.71. The molecule has 1 N–H and O–H groups in total. The molecule has 3 rings (SSSR count). The summed E-state index contributed by atoms with van der Waals surface area (Å²) in [4.78, 5) is 4.51. The van der Waals surface area contributed by atoms with Crippen LogP contribution < -0.4 is 5.32 Å². The summed E-state index contributed by atoms with van der Waals surface area (Å²) in [7, 11) is 2.03. The van der Waals surface area contributed by atoms with E-state index in [9.17, 15) is 0 Å². The molecular weight excluding hydrogens is 338 g/mol. The molecule has 0 amide bonds. The zero-order valence-corrected chi connectivity index (χ0v) is 14.0. The van der Waals surface area contributed by atoms with Gasteiger partial charge >= 0.3 is 0 Å². The molecule has 0 saturated carbocycles. The molecule has 0 radical (unpaired) electrons. The highest BCUT2D eigenvalue weighted by atomic mass is 79.9. The first kappa shape index (κ1) is 15.0.